The molecule has 7 heteroatoms. The molecule has 0 unspecified atom stereocenters. The lowest BCUT2D eigenvalue weighted by Gasteiger charge is -2.06. The molecule has 2 rings (SSSR count). The Morgan fingerprint density at radius 1 is 0.958 bits per heavy atom. The minimum atomic E-state index is -1.05. The van der Waals surface area contributed by atoms with E-state index in [1.54, 1.807) is 24.3 Å². The van der Waals surface area contributed by atoms with Crippen LogP contribution in [0.1, 0.15) is 18.1 Å². The molecule has 0 aliphatic heterocycles. The molecule has 0 saturated heterocycles. The molecular formula is C17H15F2N3O2. The van der Waals surface area contributed by atoms with Crippen molar-refractivity contribution in [3.05, 3.63) is 65.2 Å². The molecule has 0 saturated carbocycles. The number of anilines is 1. The molecule has 0 aromatic heterocycles. The maximum absolute atomic E-state index is 13.6. The van der Waals surface area contributed by atoms with Crippen LogP contribution >= 0.6 is 0 Å². The van der Waals surface area contributed by atoms with Crippen molar-refractivity contribution in [2.45, 2.75) is 13.8 Å². The van der Waals surface area contributed by atoms with E-state index >= 15 is 0 Å². The number of carbonyl (C=O) groups excluding carboxylic acids is 2. The maximum Gasteiger partial charge on any atom is 0.329 e. The van der Waals surface area contributed by atoms with Crippen LogP contribution in [0.25, 0.3) is 0 Å². The van der Waals surface area contributed by atoms with Gasteiger partial charge in [-0.1, -0.05) is 23.8 Å². The average Bonchev–Trinajstić information content (AvgIpc) is 2.54. The number of benzene rings is 2. The van der Waals surface area contributed by atoms with Crippen LogP contribution in [0.5, 0.6) is 0 Å². The van der Waals surface area contributed by atoms with Crippen LogP contribution in [-0.2, 0) is 9.59 Å². The van der Waals surface area contributed by atoms with Gasteiger partial charge in [-0.05, 0) is 38.1 Å². The van der Waals surface area contributed by atoms with Crippen molar-refractivity contribution in [2.75, 3.05) is 5.32 Å². The Hall–Kier alpha value is -3.09. The third-order valence-electron chi connectivity index (χ3n) is 3.17. The van der Waals surface area contributed by atoms with Crippen molar-refractivity contribution in [1.82, 2.24) is 5.43 Å². The molecule has 2 aromatic carbocycles. The third-order valence-corrected chi connectivity index (χ3v) is 3.17. The van der Waals surface area contributed by atoms with E-state index in [2.05, 4.69) is 10.4 Å². The van der Waals surface area contributed by atoms with Crippen LogP contribution in [0.15, 0.2) is 47.6 Å². The second-order valence-corrected chi connectivity index (χ2v) is 5.05. The molecule has 0 aliphatic carbocycles. The zero-order valence-electron chi connectivity index (χ0n) is 13.1. The summed E-state index contributed by atoms with van der Waals surface area (Å²) in [7, 11) is 0. The third kappa shape index (κ3) is 4.22. The van der Waals surface area contributed by atoms with Crippen LogP contribution in [0.4, 0.5) is 14.5 Å². The highest BCUT2D eigenvalue weighted by molar-refractivity contribution is 6.39. The highest BCUT2D eigenvalue weighted by Gasteiger charge is 2.15. The molecule has 0 spiro atoms. The fraction of sp³-hybridized carbons (Fsp3) is 0.118. The smallest absolute Gasteiger partial charge is 0.318 e. The number of carbonyl (C=O) groups is 2. The van der Waals surface area contributed by atoms with E-state index in [-0.39, 0.29) is 11.3 Å². The lowest BCUT2D eigenvalue weighted by molar-refractivity contribution is -0.136. The minimum Gasteiger partial charge on any atom is -0.318 e. The zero-order valence-corrected chi connectivity index (χ0v) is 13.1. The molecule has 0 bridgehead atoms. The second-order valence-electron chi connectivity index (χ2n) is 5.05. The molecule has 5 nitrogen and oxygen atoms in total. The Morgan fingerprint density at radius 3 is 2.12 bits per heavy atom. The number of amides is 2. The lowest BCUT2D eigenvalue weighted by Crippen LogP contribution is -2.33. The minimum absolute atomic E-state index is 0.0953. The van der Waals surface area contributed by atoms with E-state index < -0.39 is 23.4 Å². The summed E-state index contributed by atoms with van der Waals surface area (Å²) in [4.78, 5) is 23.4. The SMILES string of the molecule is C/C(=N/NC(=O)C(=O)Nc1ccc(C)cc1)c1c(F)cccc1F. The van der Waals surface area contributed by atoms with Crippen LogP contribution < -0.4 is 10.7 Å². The standard InChI is InChI=1S/C17H15F2N3O2/c1-10-6-8-12(9-7-10)20-16(23)17(24)22-21-11(2)15-13(18)4-3-5-14(15)19/h3-9H,1-2H3,(H,20,23)(H,22,24)/b21-11-. The number of nitrogens with one attached hydrogen (secondary N) is 2. The number of halogens is 2. The second kappa shape index (κ2) is 7.45. The monoisotopic (exact) mass is 331 g/mol. The number of hydrogen-bond acceptors (Lipinski definition) is 3. The van der Waals surface area contributed by atoms with Crippen molar-refractivity contribution in [1.29, 1.82) is 0 Å². The Morgan fingerprint density at radius 2 is 1.54 bits per heavy atom. The molecule has 0 atom stereocenters. The fourth-order valence-corrected chi connectivity index (χ4v) is 1.91. The molecule has 24 heavy (non-hydrogen) atoms. The van der Waals surface area contributed by atoms with Crippen molar-refractivity contribution < 1.29 is 18.4 Å². The average molecular weight is 331 g/mol. The molecule has 2 aromatic rings. The molecule has 0 aliphatic rings. The zero-order chi connectivity index (χ0) is 17.7. The Labute approximate surface area is 137 Å². The van der Waals surface area contributed by atoms with E-state index in [4.69, 9.17) is 0 Å². The predicted octanol–water partition coefficient (Wildman–Crippen LogP) is 2.75. The fourth-order valence-electron chi connectivity index (χ4n) is 1.91. The van der Waals surface area contributed by atoms with Gasteiger partial charge in [0, 0.05) is 5.69 Å². The van der Waals surface area contributed by atoms with Crippen LogP contribution in [0, 0.1) is 18.6 Å². The number of hydrazone groups is 1. The molecule has 0 fully saturated rings. The van der Waals surface area contributed by atoms with E-state index in [0.29, 0.717) is 5.69 Å². The van der Waals surface area contributed by atoms with E-state index in [1.807, 2.05) is 12.3 Å². The van der Waals surface area contributed by atoms with Gasteiger partial charge in [-0.25, -0.2) is 14.2 Å². The first-order valence-electron chi connectivity index (χ1n) is 7.05. The summed E-state index contributed by atoms with van der Waals surface area (Å²) in [6.45, 7) is 3.21. The normalized spacial score (nSPS) is 11.1. The van der Waals surface area contributed by atoms with Crippen molar-refractivity contribution in [3.8, 4) is 0 Å². The summed E-state index contributed by atoms with van der Waals surface area (Å²) in [5.74, 6) is -3.61. The number of nitrogens with zero attached hydrogens (tertiary/aromatic N) is 1. The van der Waals surface area contributed by atoms with Gasteiger partial charge in [0.05, 0.1) is 11.3 Å². The summed E-state index contributed by atoms with van der Waals surface area (Å²) < 4.78 is 27.2. The van der Waals surface area contributed by atoms with Crippen LogP contribution in [-0.4, -0.2) is 17.5 Å². The number of hydrogen-bond donors (Lipinski definition) is 2. The van der Waals surface area contributed by atoms with Crippen LogP contribution in [0.2, 0.25) is 0 Å². The summed E-state index contributed by atoms with van der Waals surface area (Å²) in [6, 6.07) is 10.2. The number of aryl methyl sites for hydroxylation is 1. The molecule has 0 radical (unpaired) electrons. The summed E-state index contributed by atoms with van der Waals surface area (Å²) >= 11 is 0. The van der Waals surface area contributed by atoms with Crippen LogP contribution in [0.3, 0.4) is 0 Å². The predicted molar refractivity (Wildman–Crippen MR) is 86.5 cm³/mol. The van der Waals surface area contributed by atoms with Gasteiger partial charge in [-0.3, -0.25) is 9.59 Å². The summed E-state index contributed by atoms with van der Waals surface area (Å²) in [5.41, 5.74) is 2.96. The van der Waals surface area contributed by atoms with Gasteiger partial charge in [0.15, 0.2) is 0 Å². The quantitative estimate of drug-likeness (QED) is 0.516. The van der Waals surface area contributed by atoms with Gasteiger partial charge < -0.3 is 5.32 Å². The van der Waals surface area contributed by atoms with Gasteiger partial charge in [0.1, 0.15) is 11.6 Å². The molecular weight excluding hydrogens is 316 g/mol. The van der Waals surface area contributed by atoms with Gasteiger partial charge in [-0.2, -0.15) is 5.10 Å². The van der Waals surface area contributed by atoms with Gasteiger partial charge in [0.2, 0.25) is 0 Å². The summed E-state index contributed by atoms with van der Waals surface area (Å²) in [6.07, 6.45) is 0. The summed E-state index contributed by atoms with van der Waals surface area (Å²) in [5, 5.41) is 5.96. The lowest BCUT2D eigenvalue weighted by atomic mass is 10.1. The first kappa shape index (κ1) is 17.3. The largest absolute Gasteiger partial charge is 0.329 e. The van der Waals surface area contributed by atoms with E-state index in [1.165, 1.54) is 13.0 Å². The molecule has 2 amide bonds. The molecule has 124 valence electrons. The highest BCUT2D eigenvalue weighted by Crippen LogP contribution is 2.13. The van der Waals surface area contributed by atoms with Gasteiger partial charge in [0.25, 0.3) is 0 Å². The Balaban J connectivity index is 2.03. The van der Waals surface area contributed by atoms with E-state index in [9.17, 15) is 18.4 Å². The first-order valence-corrected chi connectivity index (χ1v) is 7.05. The highest BCUT2D eigenvalue weighted by atomic mass is 19.1. The van der Waals surface area contributed by atoms with Crippen molar-refractivity contribution >= 4 is 23.2 Å². The molecule has 2 N–H and O–H groups in total. The maximum atomic E-state index is 13.6. The molecule has 0 heterocycles. The first-order chi connectivity index (χ1) is 11.4. The topological polar surface area (TPSA) is 70.6 Å². The Kier molecular flexibility index (Phi) is 5.36. The van der Waals surface area contributed by atoms with Crippen molar-refractivity contribution in [2.24, 2.45) is 5.10 Å². The van der Waals surface area contributed by atoms with Gasteiger partial charge in [-0.15, -0.1) is 0 Å². The van der Waals surface area contributed by atoms with Crippen molar-refractivity contribution in [3.63, 3.8) is 0 Å². The number of rotatable bonds is 3. The van der Waals surface area contributed by atoms with E-state index in [0.717, 1.165) is 17.7 Å². The Bertz CT molecular complexity index is 782. The van der Waals surface area contributed by atoms with Gasteiger partial charge >= 0.3 is 11.8 Å².